The zero-order valence-corrected chi connectivity index (χ0v) is 16.6. The quantitative estimate of drug-likeness (QED) is 0.622. The molecule has 0 aliphatic carbocycles. The van der Waals surface area contributed by atoms with Crippen LogP contribution in [0.1, 0.15) is 5.56 Å². The molecule has 0 aliphatic heterocycles. The average Bonchev–Trinajstić information content (AvgIpc) is 2.97. The zero-order chi connectivity index (χ0) is 20.8. The molecule has 0 aliphatic rings. The second-order valence-corrected chi connectivity index (χ2v) is 6.76. The van der Waals surface area contributed by atoms with Gasteiger partial charge in [0.05, 0.1) is 28.5 Å². The number of aryl methyl sites for hydroxylation is 1. The van der Waals surface area contributed by atoms with E-state index in [0.717, 1.165) is 0 Å². The van der Waals surface area contributed by atoms with E-state index in [2.05, 4.69) is 25.9 Å². The number of alkyl halides is 3. The molecule has 0 atom stereocenters. The van der Waals surface area contributed by atoms with E-state index in [4.69, 9.17) is 10.5 Å². The second kappa shape index (κ2) is 6.97. The van der Waals surface area contributed by atoms with Gasteiger partial charge < -0.3 is 15.0 Å². The Kier molecular flexibility index (Phi) is 4.96. The fourth-order valence-corrected chi connectivity index (χ4v) is 3.83. The number of ether oxygens (including phenoxy) is 1. The maximum atomic E-state index is 13.5. The van der Waals surface area contributed by atoms with Gasteiger partial charge in [-0.3, -0.25) is 4.90 Å². The van der Waals surface area contributed by atoms with Gasteiger partial charge in [-0.25, -0.2) is 14.8 Å². The van der Waals surface area contributed by atoms with Crippen molar-refractivity contribution in [2.45, 2.75) is 6.18 Å². The van der Waals surface area contributed by atoms with Crippen LogP contribution in [-0.4, -0.2) is 34.8 Å². The topological polar surface area (TPSA) is 86.3 Å². The third kappa shape index (κ3) is 3.26. The van der Waals surface area contributed by atoms with Gasteiger partial charge in [-0.2, -0.15) is 13.2 Å². The normalized spacial score (nSPS) is 11.7. The van der Waals surface area contributed by atoms with Gasteiger partial charge >= 0.3 is 12.3 Å². The molecule has 3 rings (SSSR count). The smallest absolute Gasteiger partial charge is 0.419 e. The highest BCUT2D eigenvalue weighted by Crippen LogP contribution is 2.42. The third-order valence-electron chi connectivity index (χ3n) is 4.24. The number of hydrogen-bond donors (Lipinski definition) is 1. The maximum absolute atomic E-state index is 13.5. The molecule has 0 radical (unpaired) electrons. The van der Waals surface area contributed by atoms with Crippen LogP contribution in [-0.2, 0) is 18.0 Å². The summed E-state index contributed by atoms with van der Waals surface area (Å²) in [5, 5.41) is 0.500. The van der Waals surface area contributed by atoms with Crippen LogP contribution in [0.4, 0.5) is 29.6 Å². The summed E-state index contributed by atoms with van der Waals surface area (Å²) in [7, 11) is 4.45. The lowest BCUT2D eigenvalue weighted by molar-refractivity contribution is -0.137. The summed E-state index contributed by atoms with van der Waals surface area (Å²) in [6.45, 7) is 0. The van der Waals surface area contributed by atoms with Crippen LogP contribution < -0.4 is 10.6 Å². The van der Waals surface area contributed by atoms with Crippen molar-refractivity contribution in [1.82, 2.24) is 14.5 Å². The molecule has 7 nitrogen and oxygen atoms in total. The lowest BCUT2D eigenvalue weighted by Gasteiger charge is -2.18. The second-order valence-electron chi connectivity index (χ2n) is 5.97. The summed E-state index contributed by atoms with van der Waals surface area (Å²) in [5.41, 5.74) is 5.55. The minimum Gasteiger partial charge on any atom is -0.452 e. The largest absolute Gasteiger partial charge is 0.452 e. The molecule has 0 spiro atoms. The Morgan fingerprint density at radius 2 is 2.04 bits per heavy atom. The summed E-state index contributed by atoms with van der Waals surface area (Å²) in [4.78, 5) is 20.4. The minimum atomic E-state index is -4.65. The predicted octanol–water partition coefficient (Wildman–Crippen LogP) is 4.20. The molecule has 2 N–H and O–H groups in total. The first kappa shape index (κ1) is 19.9. The number of hydrogen-bond acceptors (Lipinski definition) is 5. The molecule has 2 aromatic heterocycles. The molecule has 0 saturated carbocycles. The summed E-state index contributed by atoms with van der Waals surface area (Å²) >= 11 is 3.44. The molecular formula is C17H15BrF3N5O2. The van der Waals surface area contributed by atoms with Crippen molar-refractivity contribution in [3.8, 4) is 11.3 Å². The highest BCUT2D eigenvalue weighted by atomic mass is 79.9. The van der Waals surface area contributed by atoms with Gasteiger partial charge in [-0.15, -0.1) is 0 Å². The molecule has 0 bridgehead atoms. The number of nitrogen functional groups attached to an aromatic ring is 1. The van der Waals surface area contributed by atoms with Gasteiger partial charge in [0, 0.05) is 37.4 Å². The van der Waals surface area contributed by atoms with Gasteiger partial charge in [-0.1, -0.05) is 0 Å². The number of amides is 1. The number of benzene rings is 1. The molecule has 28 heavy (non-hydrogen) atoms. The number of fused-ring (bicyclic) bond motifs is 1. The first-order valence-corrected chi connectivity index (χ1v) is 8.64. The molecular weight excluding hydrogens is 443 g/mol. The van der Waals surface area contributed by atoms with Crippen LogP contribution in [0.5, 0.6) is 0 Å². The van der Waals surface area contributed by atoms with Crippen molar-refractivity contribution in [1.29, 1.82) is 0 Å². The Balaban J connectivity index is 2.28. The molecule has 3 aromatic rings. The zero-order valence-electron chi connectivity index (χ0n) is 15.0. The average molecular weight is 458 g/mol. The van der Waals surface area contributed by atoms with Crippen molar-refractivity contribution in [3.05, 3.63) is 34.6 Å². The lowest BCUT2D eigenvalue weighted by Crippen LogP contribution is -2.26. The van der Waals surface area contributed by atoms with Crippen molar-refractivity contribution in [2.24, 2.45) is 7.05 Å². The number of aromatic nitrogens is 3. The van der Waals surface area contributed by atoms with E-state index in [0.29, 0.717) is 27.3 Å². The van der Waals surface area contributed by atoms with Gasteiger partial charge in [-0.05, 0) is 28.1 Å². The minimum absolute atomic E-state index is 0.242. The van der Waals surface area contributed by atoms with E-state index >= 15 is 0 Å². The SMILES string of the molecule is COC(=O)N(C)c1ccc2c(-c3nc(N)ncc3C(F)(F)F)cn(C)c2c1Br. The van der Waals surface area contributed by atoms with E-state index in [1.54, 1.807) is 23.7 Å². The number of halogens is 4. The number of nitrogens with zero attached hydrogens (tertiary/aromatic N) is 4. The fraction of sp³-hybridized carbons (Fsp3) is 0.235. The Morgan fingerprint density at radius 3 is 2.64 bits per heavy atom. The van der Waals surface area contributed by atoms with Gasteiger partial charge in [0.2, 0.25) is 5.95 Å². The number of anilines is 2. The van der Waals surface area contributed by atoms with Crippen LogP contribution >= 0.6 is 15.9 Å². The maximum Gasteiger partial charge on any atom is 0.419 e. The standard InChI is InChI=1S/C17H15BrF3N5O2/c1-25-7-9(13-10(17(19,20)21)6-23-15(22)24-13)8-4-5-11(12(18)14(8)25)26(2)16(27)28-3/h4-7H,1-3H3,(H2,22,23,24). The fourth-order valence-electron chi connectivity index (χ4n) is 2.94. The van der Waals surface area contributed by atoms with E-state index in [9.17, 15) is 18.0 Å². The number of nitrogens with two attached hydrogens (primary N) is 1. The molecule has 0 fully saturated rings. The monoisotopic (exact) mass is 457 g/mol. The summed E-state index contributed by atoms with van der Waals surface area (Å²) in [6, 6.07) is 3.22. The highest BCUT2D eigenvalue weighted by molar-refractivity contribution is 9.10. The van der Waals surface area contributed by atoms with Gasteiger partial charge in [0.25, 0.3) is 0 Å². The molecule has 0 unspecified atom stereocenters. The van der Waals surface area contributed by atoms with Crippen LogP contribution in [0.25, 0.3) is 22.2 Å². The first-order chi connectivity index (χ1) is 13.1. The molecule has 1 amide bonds. The van der Waals surface area contributed by atoms with E-state index < -0.39 is 17.8 Å². The Hall–Kier alpha value is -2.82. The van der Waals surface area contributed by atoms with Crippen LogP contribution in [0.2, 0.25) is 0 Å². The molecule has 2 heterocycles. The molecule has 1 aromatic carbocycles. The van der Waals surface area contributed by atoms with Crippen LogP contribution in [0.3, 0.4) is 0 Å². The lowest BCUT2D eigenvalue weighted by atomic mass is 10.1. The van der Waals surface area contributed by atoms with Crippen molar-refractivity contribution >= 4 is 44.6 Å². The number of carbonyl (C=O) groups is 1. The van der Waals surface area contributed by atoms with E-state index in [-0.39, 0.29) is 17.2 Å². The molecule has 11 heteroatoms. The number of rotatable bonds is 2. The summed E-state index contributed by atoms with van der Waals surface area (Å²) in [5.74, 6) is -0.263. The number of carbonyl (C=O) groups excluding carboxylic acids is 1. The van der Waals surface area contributed by atoms with E-state index in [1.165, 1.54) is 25.3 Å². The van der Waals surface area contributed by atoms with Gasteiger partial charge in [0.15, 0.2) is 0 Å². The highest BCUT2D eigenvalue weighted by Gasteiger charge is 2.36. The molecule has 148 valence electrons. The first-order valence-electron chi connectivity index (χ1n) is 7.85. The van der Waals surface area contributed by atoms with Crippen molar-refractivity contribution in [2.75, 3.05) is 24.8 Å². The van der Waals surface area contributed by atoms with Crippen molar-refractivity contribution in [3.63, 3.8) is 0 Å². The molecule has 0 saturated heterocycles. The Labute approximate surface area is 166 Å². The Bertz CT molecular complexity index is 1080. The number of methoxy groups -OCH3 is 1. The van der Waals surface area contributed by atoms with Crippen molar-refractivity contribution < 1.29 is 22.7 Å². The van der Waals surface area contributed by atoms with Crippen LogP contribution in [0, 0.1) is 0 Å². The predicted molar refractivity (Wildman–Crippen MR) is 102 cm³/mol. The summed E-state index contributed by atoms with van der Waals surface area (Å²) < 4.78 is 47.2. The Morgan fingerprint density at radius 1 is 1.36 bits per heavy atom. The van der Waals surface area contributed by atoms with E-state index in [1.807, 2.05) is 0 Å². The van der Waals surface area contributed by atoms with Crippen LogP contribution in [0.15, 0.2) is 29.0 Å². The van der Waals surface area contributed by atoms with Gasteiger partial charge in [0.1, 0.15) is 5.56 Å². The summed E-state index contributed by atoms with van der Waals surface area (Å²) in [6.07, 6.45) is -3.04. The third-order valence-corrected chi connectivity index (χ3v) is 5.02.